The van der Waals surface area contributed by atoms with E-state index in [4.69, 9.17) is 0 Å². The molecular formula is C14H20N2. The first kappa shape index (κ1) is 11.2. The second-order valence-corrected chi connectivity index (χ2v) is 4.53. The van der Waals surface area contributed by atoms with Crippen molar-refractivity contribution >= 4 is 5.70 Å². The Morgan fingerprint density at radius 2 is 2.25 bits per heavy atom. The smallest absolute Gasteiger partial charge is 0.0682 e. The van der Waals surface area contributed by atoms with Gasteiger partial charge in [0, 0.05) is 11.7 Å². The van der Waals surface area contributed by atoms with Crippen LogP contribution in [-0.4, -0.2) is 24.7 Å². The normalized spacial score (nSPS) is 14.9. The second kappa shape index (κ2) is 4.71. The van der Waals surface area contributed by atoms with E-state index >= 15 is 0 Å². The highest BCUT2D eigenvalue weighted by molar-refractivity contribution is 5.63. The number of nitrogens with zero attached hydrogens (tertiary/aromatic N) is 1. The van der Waals surface area contributed by atoms with Gasteiger partial charge in [-0.1, -0.05) is 30.3 Å². The fourth-order valence-corrected chi connectivity index (χ4v) is 1.99. The minimum absolute atomic E-state index is 0.695. The molecule has 1 aromatic carbocycles. The standard InChI is InChI=1S/C14H20N2/c1-11-5-4-6-13(9-11)12(2)16(10-15-3)14-7-8-14/h4-6,9,14-15H,2,7-8,10H2,1,3H3. The van der Waals surface area contributed by atoms with Crippen LogP contribution in [0.25, 0.3) is 5.70 Å². The van der Waals surface area contributed by atoms with Crippen LogP contribution in [-0.2, 0) is 0 Å². The van der Waals surface area contributed by atoms with Crippen molar-refractivity contribution in [2.24, 2.45) is 0 Å². The summed E-state index contributed by atoms with van der Waals surface area (Å²) >= 11 is 0. The summed E-state index contributed by atoms with van der Waals surface area (Å²) < 4.78 is 0. The molecule has 0 aromatic heterocycles. The van der Waals surface area contributed by atoms with Crippen molar-refractivity contribution in [2.45, 2.75) is 25.8 Å². The number of nitrogens with one attached hydrogen (secondary N) is 1. The first-order valence-electron chi connectivity index (χ1n) is 5.89. The van der Waals surface area contributed by atoms with Gasteiger partial charge in [0.2, 0.25) is 0 Å². The zero-order chi connectivity index (χ0) is 11.5. The molecule has 0 atom stereocenters. The van der Waals surface area contributed by atoms with Gasteiger partial charge in [-0.05, 0) is 38.4 Å². The van der Waals surface area contributed by atoms with Gasteiger partial charge in [-0.2, -0.15) is 0 Å². The van der Waals surface area contributed by atoms with Crippen LogP contribution in [0, 0.1) is 6.92 Å². The Hall–Kier alpha value is -1.28. The highest BCUT2D eigenvalue weighted by Crippen LogP contribution is 2.32. The van der Waals surface area contributed by atoms with Crippen LogP contribution in [0.5, 0.6) is 0 Å². The summed E-state index contributed by atoms with van der Waals surface area (Å²) in [6, 6.07) is 9.25. The molecule has 0 spiro atoms. The molecule has 0 aliphatic heterocycles. The number of rotatable bonds is 5. The quantitative estimate of drug-likeness (QED) is 0.761. The van der Waals surface area contributed by atoms with Crippen LogP contribution in [0.3, 0.4) is 0 Å². The summed E-state index contributed by atoms with van der Waals surface area (Å²) in [5.41, 5.74) is 3.67. The summed E-state index contributed by atoms with van der Waals surface area (Å²) in [5.74, 6) is 0. The van der Waals surface area contributed by atoms with E-state index in [1.165, 1.54) is 24.0 Å². The summed E-state index contributed by atoms with van der Waals surface area (Å²) in [5, 5.41) is 3.22. The van der Waals surface area contributed by atoms with Crippen LogP contribution in [0.2, 0.25) is 0 Å². The van der Waals surface area contributed by atoms with Gasteiger partial charge in [0.25, 0.3) is 0 Å². The molecule has 2 rings (SSSR count). The first-order valence-corrected chi connectivity index (χ1v) is 5.89. The Kier molecular flexibility index (Phi) is 3.30. The summed E-state index contributed by atoms with van der Waals surface area (Å²) in [6.07, 6.45) is 2.60. The van der Waals surface area contributed by atoms with E-state index in [2.05, 4.69) is 48.0 Å². The monoisotopic (exact) mass is 216 g/mol. The van der Waals surface area contributed by atoms with E-state index in [0.29, 0.717) is 6.04 Å². The number of benzene rings is 1. The van der Waals surface area contributed by atoms with Crippen molar-refractivity contribution in [3.05, 3.63) is 42.0 Å². The van der Waals surface area contributed by atoms with Gasteiger partial charge in [0.1, 0.15) is 0 Å². The maximum Gasteiger partial charge on any atom is 0.0682 e. The molecule has 16 heavy (non-hydrogen) atoms. The third-order valence-electron chi connectivity index (χ3n) is 3.01. The zero-order valence-electron chi connectivity index (χ0n) is 10.2. The van der Waals surface area contributed by atoms with Gasteiger partial charge in [-0.25, -0.2) is 0 Å². The average molecular weight is 216 g/mol. The maximum absolute atomic E-state index is 4.23. The van der Waals surface area contributed by atoms with Gasteiger partial charge in [0.15, 0.2) is 0 Å². The Balaban J connectivity index is 2.15. The molecular weight excluding hydrogens is 196 g/mol. The third kappa shape index (κ3) is 2.45. The molecule has 0 amide bonds. The van der Waals surface area contributed by atoms with Gasteiger partial charge in [0.05, 0.1) is 6.67 Å². The SMILES string of the molecule is C=C(c1cccc(C)c1)N(CNC)C1CC1. The van der Waals surface area contributed by atoms with Crippen LogP contribution in [0.15, 0.2) is 30.8 Å². The van der Waals surface area contributed by atoms with Crippen LogP contribution < -0.4 is 5.32 Å². The average Bonchev–Trinajstić information content (AvgIpc) is 3.09. The molecule has 1 aromatic rings. The van der Waals surface area contributed by atoms with Crippen molar-refractivity contribution in [2.75, 3.05) is 13.7 Å². The van der Waals surface area contributed by atoms with Crippen molar-refractivity contribution in [3.8, 4) is 0 Å². The fraction of sp³-hybridized carbons (Fsp3) is 0.429. The molecule has 2 nitrogen and oxygen atoms in total. The van der Waals surface area contributed by atoms with E-state index in [1.807, 2.05) is 7.05 Å². The molecule has 1 aliphatic carbocycles. The Morgan fingerprint density at radius 1 is 1.50 bits per heavy atom. The lowest BCUT2D eigenvalue weighted by atomic mass is 10.1. The molecule has 0 saturated heterocycles. The van der Waals surface area contributed by atoms with Crippen LogP contribution >= 0.6 is 0 Å². The first-order chi connectivity index (χ1) is 7.72. The maximum atomic E-state index is 4.23. The summed E-state index contributed by atoms with van der Waals surface area (Å²) in [6.45, 7) is 7.24. The Morgan fingerprint density at radius 3 is 2.81 bits per heavy atom. The van der Waals surface area contributed by atoms with E-state index < -0.39 is 0 Å². The van der Waals surface area contributed by atoms with Crippen LogP contribution in [0.1, 0.15) is 24.0 Å². The lowest BCUT2D eigenvalue weighted by Gasteiger charge is -2.26. The van der Waals surface area contributed by atoms with Gasteiger partial charge < -0.3 is 10.2 Å². The molecule has 1 N–H and O–H groups in total. The molecule has 1 saturated carbocycles. The van der Waals surface area contributed by atoms with Crippen LogP contribution in [0.4, 0.5) is 0 Å². The van der Waals surface area contributed by atoms with E-state index in [-0.39, 0.29) is 0 Å². The minimum Gasteiger partial charge on any atom is -0.356 e. The number of aryl methyl sites for hydroxylation is 1. The molecule has 0 radical (unpaired) electrons. The minimum atomic E-state index is 0.695. The molecule has 0 unspecified atom stereocenters. The fourth-order valence-electron chi connectivity index (χ4n) is 1.99. The predicted octanol–water partition coefficient (Wildman–Crippen LogP) is 2.61. The second-order valence-electron chi connectivity index (χ2n) is 4.53. The highest BCUT2D eigenvalue weighted by atomic mass is 15.3. The van der Waals surface area contributed by atoms with Gasteiger partial charge in [-0.15, -0.1) is 0 Å². The highest BCUT2D eigenvalue weighted by Gasteiger charge is 2.29. The molecule has 1 fully saturated rings. The Labute approximate surface area is 98.0 Å². The van der Waals surface area contributed by atoms with Crippen molar-refractivity contribution in [3.63, 3.8) is 0 Å². The molecule has 0 heterocycles. The lowest BCUT2D eigenvalue weighted by Crippen LogP contribution is -2.32. The third-order valence-corrected chi connectivity index (χ3v) is 3.01. The predicted molar refractivity (Wildman–Crippen MR) is 69.0 cm³/mol. The number of hydrogen-bond acceptors (Lipinski definition) is 2. The lowest BCUT2D eigenvalue weighted by molar-refractivity contribution is 0.367. The van der Waals surface area contributed by atoms with Crippen molar-refractivity contribution < 1.29 is 0 Å². The van der Waals surface area contributed by atoms with Gasteiger partial charge in [-0.3, -0.25) is 0 Å². The topological polar surface area (TPSA) is 15.3 Å². The zero-order valence-corrected chi connectivity index (χ0v) is 10.2. The molecule has 2 heteroatoms. The largest absolute Gasteiger partial charge is 0.356 e. The number of hydrogen-bond donors (Lipinski definition) is 1. The van der Waals surface area contributed by atoms with E-state index in [1.54, 1.807) is 0 Å². The molecule has 1 aliphatic rings. The van der Waals surface area contributed by atoms with Crippen molar-refractivity contribution in [1.29, 1.82) is 0 Å². The summed E-state index contributed by atoms with van der Waals surface area (Å²) in [7, 11) is 1.99. The summed E-state index contributed by atoms with van der Waals surface area (Å²) in [4.78, 5) is 2.37. The van der Waals surface area contributed by atoms with E-state index in [0.717, 1.165) is 12.4 Å². The van der Waals surface area contributed by atoms with Crippen molar-refractivity contribution in [1.82, 2.24) is 10.2 Å². The molecule has 86 valence electrons. The van der Waals surface area contributed by atoms with E-state index in [9.17, 15) is 0 Å². The molecule has 0 bridgehead atoms. The Bertz CT molecular complexity index is 380. The van der Waals surface area contributed by atoms with Gasteiger partial charge >= 0.3 is 0 Å².